The van der Waals surface area contributed by atoms with Crippen molar-refractivity contribution >= 4 is 18.7 Å². The van der Waals surface area contributed by atoms with Gasteiger partial charge >= 0.3 is 0 Å². The Labute approximate surface area is 171 Å². The molecule has 0 saturated carbocycles. The maximum absolute atomic E-state index is 10.7. The van der Waals surface area contributed by atoms with Gasteiger partial charge in [0.1, 0.15) is 0 Å². The van der Waals surface area contributed by atoms with Gasteiger partial charge in [-0.2, -0.15) is 0 Å². The molecular weight excluding hydrogens is 360 g/mol. The van der Waals surface area contributed by atoms with Crippen molar-refractivity contribution in [1.29, 1.82) is 0 Å². The van der Waals surface area contributed by atoms with Crippen molar-refractivity contribution in [3.05, 3.63) is 85.5 Å². The van der Waals surface area contributed by atoms with Gasteiger partial charge in [-0.15, -0.1) is 6.58 Å². The lowest BCUT2D eigenvalue weighted by molar-refractivity contribution is 0.102. The van der Waals surface area contributed by atoms with Crippen molar-refractivity contribution in [3.8, 4) is 0 Å². The van der Waals surface area contributed by atoms with Crippen LogP contribution in [0.1, 0.15) is 40.0 Å². The molecule has 0 aliphatic rings. The van der Waals surface area contributed by atoms with Crippen LogP contribution in [-0.4, -0.2) is 26.1 Å². The minimum Gasteiger partial charge on any atom is -0.405 e. The lowest BCUT2D eigenvalue weighted by Gasteiger charge is -2.43. The van der Waals surface area contributed by atoms with Gasteiger partial charge in [0, 0.05) is 0 Å². The third-order valence-corrected chi connectivity index (χ3v) is 10.1. The topological polar surface area (TPSA) is 29.5 Å². The molecule has 150 valence electrons. The van der Waals surface area contributed by atoms with Gasteiger partial charge in [-0.1, -0.05) is 99.7 Å². The summed E-state index contributed by atoms with van der Waals surface area (Å²) >= 11 is 0. The van der Waals surface area contributed by atoms with Crippen molar-refractivity contribution < 1.29 is 9.53 Å². The third-order valence-electron chi connectivity index (χ3n) is 5.14. The van der Waals surface area contributed by atoms with E-state index in [1.54, 1.807) is 0 Å². The minimum atomic E-state index is -2.59. The molecule has 1 atom stereocenters. The van der Waals surface area contributed by atoms with Crippen LogP contribution >= 0.6 is 0 Å². The van der Waals surface area contributed by atoms with Crippen LogP contribution in [0.5, 0.6) is 0 Å². The Morgan fingerprint density at radius 2 is 1.54 bits per heavy atom. The lowest BCUT2D eigenvalue weighted by atomic mass is 10.1. The Bertz CT molecular complexity index is 708. The number of aliphatic hydroxyl groups is 1. The van der Waals surface area contributed by atoms with Gasteiger partial charge in [-0.25, -0.2) is 0 Å². The summed E-state index contributed by atoms with van der Waals surface area (Å²) in [5, 5.41) is 13.0. The van der Waals surface area contributed by atoms with Gasteiger partial charge in [-0.05, 0) is 34.7 Å². The van der Waals surface area contributed by atoms with E-state index in [0.29, 0.717) is 13.0 Å². The van der Waals surface area contributed by atoms with E-state index in [9.17, 15) is 5.11 Å². The number of hydrogen-bond acceptors (Lipinski definition) is 2. The fourth-order valence-corrected chi connectivity index (χ4v) is 8.38. The SMILES string of the molecule is C=CCCC(=C)C[C@@H](O)CO[Si](c1ccccc1)(c1ccccc1)C(C)(C)C. The first-order valence-corrected chi connectivity index (χ1v) is 11.9. The summed E-state index contributed by atoms with van der Waals surface area (Å²) in [6.07, 6.45) is 3.64. The van der Waals surface area contributed by atoms with Crippen LogP contribution in [0.4, 0.5) is 0 Å². The Morgan fingerprint density at radius 1 is 1.04 bits per heavy atom. The molecular formula is C25H34O2Si. The molecule has 0 spiro atoms. The molecule has 0 radical (unpaired) electrons. The van der Waals surface area contributed by atoms with Crippen molar-refractivity contribution in [3.63, 3.8) is 0 Å². The predicted octanol–water partition coefficient (Wildman–Crippen LogP) is 4.84. The molecule has 0 aliphatic heterocycles. The number of hydrogen-bond donors (Lipinski definition) is 1. The third kappa shape index (κ3) is 5.31. The van der Waals surface area contributed by atoms with E-state index in [2.05, 4.69) is 82.5 Å². The number of allylic oxidation sites excluding steroid dienone is 1. The van der Waals surface area contributed by atoms with Crippen LogP contribution in [0.15, 0.2) is 85.5 Å². The molecule has 2 nitrogen and oxygen atoms in total. The fraction of sp³-hybridized carbons (Fsp3) is 0.360. The Kier molecular flexibility index (Phi) is 7.99. The van der Waals surface area contributed by atoms with Gasteiger partial charge in [0.05, 0.1) is 12.7 Å². The van der Waals surface area contributed by atoms with E-state index in [0.717, 1.165) is 18.4 Å². The van der Waals surface area contributed by atoms with Crippen LogP contribution < -0.4 is 10.4 Å². The zero-order chi connectivity index (χ0) is 20.6. The summed E-state index contributed by atoms with van der Waals surface area (Å²) in [4.78, 5) is 0. The molecule has 0 unspecified atom stereocenters. The highest BCUT2D eigenvalue weighted by Gasteiger charge is 2.50. The molecule has 3 heteroatoms. The van der Waals surface area contributed by atoms with E-state index in [-0.39, 0.29) is 5.04 Å². The Morgan fingerprint density at radius 3 is 1.96 bits per heavy atom. The summed E-state index contributed by atoms with van der Waals surface area (Å²) in [5.41, 5.74) is 1.04. The summed E-state index contributed by atoms with van der Waals surface area (Å²) in [5.74, 6) is 0. The van der Waals surface area contributed by atoms with Crippen molar-refractivity contribution in [2.75, 3.05) is 6.61 Å². The first kappa shape index (κ1) is 22.3. The van der Waals surface area contributed by atoms with Crippen LogP contribution in [0, 0.1) is 0 Å². The van der Waals surface area contributed by atoms with Gasteiger partial charge < -0.3 is 9.53 Å². The summed E-state index contributed by atoms with van der Waals surface area (Å²) in [6.45, 7) is 14.9. The van der Waals surface area contributed by atoms with Crippen LogP contribution in [0.2, 0.25) is 5.04 Å². The number of aliphatic hydroxyl groups excluding tert-OH is 1. The van der Waals surface area contributed by atoms with E-state index in [1.165, 1.54) is 10.4 Å². The van der Waals surface area contributed by atoms with E-state index in [4.69, 9.17) is 4.43 Å². The van der Waals surface area contributed by atoms with Crippen LogP contribution in [0.25, 0.3) is 0 Å². The Hall–Kier alpha value is -1.94. The maximum Gasteiger partial charge on any atom is 0.261 e. The standard InChI is InChI=1S/C25H34O2Si/c1-6-7-14-21(2)19-22(26)20-27-28(25(3,4)5,23-15-10-8-11-16-23)24-17-12-9-13-18-24/h6,8-13,15-18,22,26H,1-2,7,14,19-20H2,3-5H3/t22-/m1/s1. The highest BCUT2D eigenvalue weighted by Crippen LogP contribution is 2.36. The average molecular weight is 395 g/mol. The molecule has 0 amide bonds. The largest absolute Gasteiger partial charge is 0.405 e. The van der Waals surface area contributed by atoms with E-state index in [1.807, 2.05) is 18.2 Å². The number of benzene rings is 2. The fourth-order valence-electron chi connectivity index (χ4n) is 3.78. The normalized spacial score (nSPS) is 13.1. The van der Waals surface area contributed by atoms with Gasteiger partial charge in [0.15, 0.2) is 0 Å². The van der Waals surface area contributed by atoms with E-state index < -0.39 is 14.4 Å². The summed E-state index contributed by atoms with van der Waals surface area (Å²) in [7, 11) is -2.59. The molecule has 2 rings (SSSR count). The van der Waals surface area contributed by atoms with Gasteiger partial charge in [-0.3, -0.25) is 0 Å². The van der Waals surface area contributed by atoms with Crippen molar-refractivity contribution in [1.82, 2.24) is 0 Å². The second-order valence-corrected chi connectivity index (χ2v) is 12.7. The highest BCUT2D eigenvalue weighted by molar-refractivity contribution is 6.99. The van der Waals surface area contributed by atoms with Crippen LogP contribution in [-0.2, 0) is 4.43 Å². The minimum absolute atomic E-state index is 0.0880. The molecule has 28 heavy (non-hydrogen) atoms. The van der Waals surface area contributed by atoms with Crippen molar-refractivity contribution in [2.24, 2.45) is 0 Å². The molecule has 0 heterocycles. The van der Waals surface area contributed by atoms with E-state index >= 15 is 0 Å². The zero-order valence-electron chi connectivity index (χ0n) is 17.5. The molecule has 0 aromatic heterocycles. The van der Waals surface area contributed by atoms with Crippen LogP contribution in [0.3, 0.4) is 0 Å². The average Bonchev–Trinajstić information content (AvgIpc) is 2.67. The second kappa shape index (κ2) is 10.0. The highest BCUT2D eigenvalue weighted by atomic mass is 28.4. The molecule has 0 fully saturated rings. The first-order valence-electron chi connectivity index (χ1n) is 10.0. The monoisotopic (exact) mass is 394 g/mol. The maximum atomic E-state index is 10.7. The van der Waals surface area contributed by atoms with Crippen molar-refractivity contribution in [2.45, 2.75) is 51.2 Å². The predicted molar refractivity (Wildman–Crippen MR) is 123 cm³/mol. The Balaban J connectivity index is 2.34. The lowest BCUT2D eigenvalue weighted by Crippen LogP contribution is -2.67. The molecule has 0 aliphatic carbocycles. The van der Waals surface area contributed by atoms with Gasteiger partial charge in [0.25, 0.3) is 8.32 Å². The summed E-state index contributed by atoms with van der Waals surface area (Å²) < 4.78 is 6.76. The zero-order valence-corrected chi connectivity index (χ0v) is 18.5. The first-order chi connectivity index (χ1) is 13.3. The molecule has 0 saturated heterocycles. The molecule has 0 bridgehead atoms. The summed E-state index contributed by atoms with van der Waals surface area (Å²) in [6, 6.07) is 21.0. The van der Waals surface area contributed by atoms with Gasteiger partial charge in [0.2, 0.25) is 0 Å². The molecule has 1 N–H and O–H groups in total. The quantitative estimate of drug-likeness (QED) is 0.462. The smallest absolute Gasteiger partial charge is 0.261 e. The number of rotatable bonds is 10. The second-order valence-electron chi connectivity index (χ2n) is 8.41. The molecule has 2 aromatic rings. The molecule has 2 aromatic carbocycles.